The minimum absolute atomic E-state index is 0.301. The van der Waals surface area contributed by atoms with E-state index in [1.165, 1.54) is 5.56 Å². The first-order valence-corrected chi connectivity index (χ1v) is 8.99. The predicted molar refractivity (Wildman–Crippen MR) is 96.1 cm³/mol. The van der Waals surface area contributed by atoms with Crippen molar-refractivity contribution in [1.29, 1.82) is 0 Å². The third-order valence-electron chi connectivity index (χ3n) is 4.62. The maximum absolute atomic E-state index is 10.2. The zero-order chi connectivity index (χ0) is 17.5. The first kappa shape index (κ1) is 17.8. The molecule has 2 heterocycles. The third-order valence-corrected chi connectivity index (χ3v) is 4.62. The Morgan fingerprint density at radius 1 is 1.20 bits per heavy atom. The van der Waals surface area contributed by atoms with Crippen molar-refractivity contribution < 1.29 is 14.6 Å². The zero-order valence-corrected chi connectivity index (χ0v) is 14.7. The Morgan fingerprint density at radius 2 is 1.88 bits per heavy atom. The fraction of sp³-hybridized carbons (Fsp3) is 0.526. The highest BCUT2D eigenvalue weighted by Crippen LogP contribution is 2.27. The van der Waals surface area contributed by atoms with Gasteiger partial charge in [0.2, 0.25) is 0 Å². The summed E-state index contributed by atoms with van der Waals surface area (Å²) in [5, 5.41) is 17.2. The number of piperidine rings is 1. The third kappa shape index (κ3) is 5.21. The van der Waals surface area contributed by atoms with Crippen LogP contribution >= 0.6 is 0 Å². The van der Waals surface area contributed by atoms with Crippen LogP contribution in [0.25, 0.3) is 0 Å². The molecule has 1 fully saturated rings. The van der Waals surface area contributed by atoms with E-state index in [0.29, 0.717) is 25.7 Å². The number of likely N-dealkylation sites (tertiary alicyclic amines) is 1. The van der Waals surface area contributed by atoms with Crippen LogP contribution in [0.3, 0.4) is 0 Å². The second kappa shape index (κ2) is 8.87. The van der Waals surface area contributed by atoms with Crippen molar-refractivity contribution in [2.75, 3.05) is 32.8 Å². The molecule has 0 bridgehead atoms. The molecular formula is C19H27N3O3. The van der Waals surface area contributed by atoms with Crippen LogP contribution in [-0.2, 0) is 0 Å². The van der Waals surface area contributed by atoms with Crippen molar-refractivity contribution in [2.24, 2.45) is 0 Å². The summed E-state index contributed by atoms with van der Waals surface area (Å²) in [6.07, 6.45) is 5.62. The van der Waals surface area contributed by atoms with Gasteiger partial charge in [0.1, 0.15) is 24.2 Å². The van der Waals surface area contributed by atoms with Crippen LogP contribution in [0.4, 0.5) is 0 Å². The van der Waals surface area contributed by atoms with Crippen LogP contribution in [0.15, 0.2) is 36.7 Å². The topological polar surface area (TPSA) is 70.6 Å². The van der Waals surface area contributed by atoms with Crippen molar-refractivity contribution in [3.05, 3.63) is 42.2 Å². The second-order valence-electron chi connectivity index (χ2n) is 6.48. The average Bonchev–Trinajstić information content (AvgIpc) is 3.17. The maximum Gasteiger partial charge on any atom is 0.119 e. The van der Waals surface area contributed by atoms with Crippen LogP contribution in [0, 0.1) is 0 Å². The normalized spacial score (nSPS) is 17.4. The standard InChI is InChI=1S/C19H27N3O3/c1-2-24-18-3-5-19(6-4-18)25-14-17(23)13-22-9-7-15(8-10-22)16-11-20-21-12-16/h3-6,11-12,15,17,23H,2,7-10,13-14H2,1H3,(H,20,21)/t17-/m1/s1. The van der Waals surface area contributed by atoms with Gasteiger partial charge in [-0.05, 0) is 68.6 Å². The average molecular weight is 345 g/mol. The van der Waals surface area contributed by atoms with Gasteiger partial charge in [-0.25, -0.2) is 0 Å². The van der Waals surface area contributed by atoms with Crippen LogP contribution in [-0.4, -0.2) is 59.2 Å². The molecule has 1 aromatic carbocycles. The van der Waals surface area contributed by atoms with Gasteiger partial charge in [-0.3, -0.25) is 5.10 Å². The van der Waals surface area contributed by atoms with Crippen LogP contribution in [0.5, 0.6) is 11.5 Å². The molecule has 0 aliphatic carbocycles. The summed E-state index contributed by atoms with van der Waals surface area (Å²) < 4.78 is 11.1. The van der Waals surface area contributed by atoms with E-state index in [4.69, 9.17) is 9.47 Å². The number of hydrogen-bond donors (Lipinski definition) is 2. The van der Waals surface area contributed by atoms with Crippen molar-refractivity contribution in [3.63, 3.8) is 0 Å². The lowest BCUT2D eigenvalue weighted by Crippen LogP contribution is -2.40. The second-order valence-corrected chi connectivity index (χ2v) is 6.48. The molecule has 1 atom stereocenters. The van der Waals surface area contributed by atoms with Crippen LogP contribution < -0.4 is 9.47 Å². The number of nitrogens with one attached hydrogen (secondary N) is 1. The first-order valence-electron chi connectivity index (χ1n) is 8.99. The van der Waals surface area contributed by atoms with Gasteiger partial charge in [-0.15, -0.1) is 0 Å². The number of aliphatic hydroxyl groups is 1. The number of aliphatic hydroxyl groups excluding tert-OH is 1. The van der Waals surface area contributed by atoms with Gasteiger partial charge < -0.3 is 19.5 Å². The van der Waals surface area contributed by atoms with Crippen molar-refractivity contribution in [1.82, 2.24) is 15.1 Å². The molecular weight excluding hydrogens is 318 g/mol. The van der Waals surface area contributed by atoms with Gasteiger partial charge in [0, 0.05) is 12.7 Å². The molecule has 136 valence electrons. The summed E-state index contributed by atoms with van der Waals surface area (Å²) in [6.45, 7) is 5.55. The molecule has 6 nitrogen and oxygen atoms in total. The Labute approximate surface area is 148 Å². The Hall–Kier alpha value is -2.05. The molecule has 0 radical (unpaired) electrons. The quantitative estimate of drug-likeness (QED) is 0.769. The predicted octanol–water partition coefficient (Wildman–Crippen LogP) is 2.43. The number of aromatic nitrogens is 2. The number of aromatic amines is 1. The Morgan fingerprint density at radius 3 is 2.48 bits per heavy atom. The first-order chi connectivity index (χ1) is 12.2. The number of H-pyrrole nitrogens is 1. The molecule has 2 aromatic rings. The Balaban J connectivity index is 1.37. The molecule has 0 saturated carbocycles. The van der Waals surface area contributed by atoms with Crippen molar-refractivity contribution >= 4 is 0 Å². The molecule has 0 amide bonds. The summed E-state index contributed by atoms with van der Waals surface area (Å²) in [6, 6.07) is 7.50. The monoisotopic (exact) mass is 345 g/mol. The van der Waals surface area contributed by atoms with E-state index in [9.17, 15) is 5.11 Å². The summed E-state index contributed by atoms with van der Waals surface area (Å²) in [4.78, 5) is 2.31. The number of rotatable bonds is 8. The van der Waals surface area contributed by atoms with E-state index in [2.05, 4.69) is 15.1 Å². The van der Waals surface area contributed by atoms with Crippen molar-refractivity contribution in [3.8, 4) is 11.5 Å². The van der Waals surface area contributed by atoms with Gasteiger partial charge in [-0.1, -0.05) is 0 Å². The van der Waals surface area contributed by atoms with Gasteiger partial charge >= 0.3 is 0 Å². The van der Waals surface area contributed by atoms with Gasteiger partial charge in [0.15, 0.2) is 0 Å². The number of benzene rings is 1. The SMILES string of the molecule is CCOc1ccc(OC[C@H](O)CN2CCC(c3cn[nH]c3)CC2)cc1. The smallest absolute Gasteiger partial charge is 0.119 e. The lowest BCUT2D eigenvalue weighted by atomic mass is 9.91. The number of nitrogens with zero attached hydrogens (tertiary/aromatic N) is 2. The minimum atomic E-state index is -0.489. The molecule has 1 aliphatic heterocycles. The highest BCUT2D eigenvalue weighted by molar-refractivity contribution is 5.31. The maximum atomic E-state index is 10.2. The number of hydrogen-bond acceptors (Lipinski definition) is 5. The molecule has 6 heteroatoms. The van der Waals surface area contributed by atoms with E-state index in [1.807, 2.05) is 43.6 Å². The number of β-amino-alcohol motifs (C(OH)–C–C–N with tert-alkyl or cyclic N) is 1. The molecule has 1 aromatic heterocycles. The summed E-state index contributed by atoms with van der Waals surface area (Å²) in [5.74, 6) is 2.16. The lowest BCUT2D eigenvalue weighted by molar-refractivity contribution is 0.0594. The molecule has 0 spiro atoms. The van der Waals surface area contributed by atoms with E-state index in [0.717, 1.165) is 37.4 Å². The minimum Gasteiger partial charge on any atom is -0.494 e. The highest BCUT2D eigenvalue weighted by atomic mass is 16.5. The fourth-order valence-electron chi connectivity index (χ4n) is 3.27. The summed E-state index contributed by atoms with van der Waals surface area (Å²) in [7, 11) is 0. The van der Waals surface area contributed by atoms with E-state index in [1.54, 1.807) is 0 Å². The molecule has 0 unspecified atom stereocenters. The summed E-state index contributed by atoms with van der Waals surface area (Å²) in [5.41, 5.74) is 1.29. The van der Waals surface area contributed by atoms with Gasteiger partial charge in [-0.2, -0.15) is 5.10 Å². The molecule has 2 N–H and O–H groups in total. The molecule has 25 heavy (non-hydrogen) atoms. The Bertz CT molecular complexity index is 607. The zero-order valence-electron chi connectivity index (χ0n) is 14.7. The molecule has 1 aliphatic rings. The summed E-state index contributed by atoms with van der Waals surface area (Å²) >= 11 is 0. The van der Waals surface area contributed by atoms with Gasteiger partial charge in [0.05, 0.1) is 12.8 Å². The van der Waals surface area contributed by atoms with Crippen LogP contribution in [0.2, 0.25) is 0 Å². The Kier molecular flexibility index (Phi) is 6.30. The lowest BCUT2D eigenvalue weighted by Gasteiger charge is -2.32. The highest BCUT2D eigenvalue weighted by Gasteiger charge is 2.22. The largest absolute Gasteiger partial charge is 0.494 e. The van der Waals surface area contributed by atoms with Crippen molar-refractivity contribution in [2.45, 2.75) is 31.8 Å². The molecule has 1 saturated heterocycles. The van der Waals surface area contributed by atoms with E-state index >= 15 is 0 Å². The van der Waals surface area contributed by atoms with E-state index in [-0.39, 0.29) is 0 Å². The van der Waals surface area contributed by atoms with Gasteiger partial charge in [0.25, 0.3) is 0 Å². The fourth-order valence-corrected chi connectivity index (χ4v) is 3.27. The number of ether oxygens (including phenoxy) is 2. The van der Waals surface area contributed by atoms with E-state index < -0.39 is 6.10 Å². The van der Waals surface area contributed by atoms with Crippen LogP contribution in [0.1, 0.15) is 31.2 Å². The molecule has 3 rings (SSSR count).